The minimum absolute atomic E-state index is 0.208. The second-order valence-corrected chi connectivity index (χ2v) is 4.63. The van der Waals surface area contributed by atoms with Crippen molar-refractivity contribution in [2.24, 2.45) is 0 Å². The summed E-state index contributed by atoms with van der Waals surface area (Å²) in [7, 11) is 0. The standard InChI is InChI=1S/C12H15ClN2O3/c1-7(2)15(6-11(16)17)12(18)9-4-8(3)14-10(13)5-9/h4-5,7H,6H2,1-3H3,(H,16,17). The molecular formula is C12H15ClN2O3. The van der Waals surface area contributed by atoms with Crippen LogP contribution >= 0.6 is 11.6 Å². The molecule has 0 radical (unpaired) electrons. The summed E-state index contributed by atoms with van der Waals surface area (Å²) in [4.78, 5) is 28.2. The Morgan fingerprint density at radius 2 is 2.06 bits per heavy atom. The lowest BCUT2D eigenvalue weighted by Gasteiger charge is -2.25. The van der Waals surface area contributed by atoms with Crippen LogP contribution in [-0.4, -0.2) is 39.5 Å². The van der Waals surface area contributed by atoms with Crippen molar-refractivity contribution in [2.75, 3.05) is 6.54 Å². The van der Waals surface area contributed by atoms with Gasteiger partial charge in [-0.3, -0.25) is 9.59 Å². The Hall–Kier alpha value is -1.62. The number of carboxylic acid groups (broad SMARTS) is 1. The molecule has 0 saturated carbocycles. The third kappa shape index (κ3) is 3.70. The highest BCUT2D eigenvalue weighted by Crippen LogP contribution is 2.14. The Bertz CT molecular complexity index is 454. The molecule has 1 N–H and O–H groups in total. The van der Waals surface area contributed by atoms with Crippen molar-refractivity contribution < 1.29 is 14.7 Å². The summed E-state index contributed by atoms with van der Waals surface area (Å²) in [6.45, 7) is 4.90. The van der Waals surface area contributed by atoms with E-state index in [9.17, 15) is 9.59 Å². The van der Waals surface area contributed by atoms with Crippen LogP contribution in [0.25, 0.3) is 0 Å². The van der Waals surface area contributed by atoms with Crippen molar-refractivity contribution >= 4 is 23.5 Å². The Morgan fingerprint density at radius 1 is 1.44 bits per heavy atom. The second-order valence-electron chi connectivity index (χ2n) is 4.24. The highest BCUT2D eigenvalue weighted by molar-refractivity contribution is 6.29. The van der Waals surface area contributed by atoms with E-state index in [4.69, 9.17) is 16.7 Å². The molecule has 5 nitrogen and oxygen atoms in total. The number of pyridine rings is 1. The van der Waals surface area contributed by atoms with E-state index < -0.39 is 5.97 Å². The molecule has 18 heavy (non-hydrogen) atoms. The third-order valence-corrected chi connectivity index (χ3v) is 2.55. The van der Waals surface area contributed by atoms with E-state index in [1.54, 1.807) is 26.8 Å². The zero-order chi connectivity index (χ0) is 13.9. The predicted octanol–water partition coefficient (Wildman–Crippen LogP) is 1.98. The average Bonchev–Trinajstić information content (AvgIpc) is 2.23. The lowest BCUT2D eigenvalue weighted by molar-refractivity contribution is -0.138. The van der Waals surface area contributed by atoms with Gasteiger partial charge in [0.2, 0.25) is 0 Å². The molecule has 0 fully saturated rings. The smallest absolute Gasteiger partial charge is 0.323 e. The molecule has 0 spiro atoms. The van der Waals surface area contributed by atoms with Gasteiger partial charge in [-0.2, -0.15) is 0 Å². The minimum Gasteiger partial charge on any atom is -0.480 e. The van der Waals surface area contributed by atoms with E-state index in [0.29, 0.717) is 11.3 Å². The topological polar surface area (TPSA) is 70.5 Å². The minimum atomic E-state index is -1.05. The van der Waals surface area contributed by atoms with Gasteiger partial charge in [0.05, 0.1) is 0 Å². The van der Waals surface area contributed by atoms with Crippen LogP contribution in [0.4, 0.5) is 0 Å². The van der Waals surface area contributed by atoms with Gasteiger partial charge in [-0.1, -0.05) is 11.6 Å². The molecule has 0 atom stereocenters. The molecule has 1 rings (SSSR count). The first-order valence-corrected chi connectivity index (χ1v) is 5.86. The number of carbonyl (C=O) groups excluding carboxylic acids is 1. The zero-order valence-corrected chi connectivity index (χ0v) is 11.2. The Labute approximate surface area is 110 Å². The van der Waals surface area contributed by atoms with Crippen molar-refractivity contribution in [3.05, 3.63) is 28.5 Å². The molecule has 0 aliphatic rings. The first-order chi connectivity index (χ1) is 8.31. The van der Waals surface area contributed by atoms with Gasteiger partial charge in [-0.15, -0.1) is 0 Å². The van der Waals surface area contributed by atoms with E-state index in [0.717, 1.165) is 0 Å². The van der Waals surface area contributed by atoms with Crippen LogP contribution in [0.3, 0.4) is 0 Å². The van der Waals surface area contributed by atoms with Crippen molar-refractivity contribution in [1.29, 1.82) is 0 Å². The molecule has 0 saturated heterocycles. The van der Waals surface area contributed by atoms with E-state index in [1.807, 2.05) is 0 Å². The molecule has 0 bridgehead atoms. The van der Waals surface area contributed by atoms with Crippen LogP contribution in [0, 0.1) is 6.92 Å². The molecule has 0 unspecified atom stereocenters. The van der Waals surface area contributed by atoms with Gasteiger partial charge in [0.15, 0.2) is 0 Å². The molecule has 1 amide bonds. The van der Waals surface area contributed by atoms with Crippen LogP contribution in [0.2, 0.25) is 5.15 Å². The molecule has 1 aromatic heterocycles. The maximum atomic E-state index is 12.2. The van der Waals surface area contributed by atoms with Gasteiger partial charge < -0.3 is 10.0 Å². The van der Waals surface area contributed by atoms with Gasteiger partial charge >= 0.3 is 5.97 Å². The molecule has 1 heterocycles. The van der Waals surface area contributed by atoms with Crippen LogP contribution in [0.5, 0.6) is 0 Å². The fourth-order valence-corrected chi connectivity index (χ4v) is 1.80. The Morgan fingerprint density at radius 3 is 2.50 bits per heavy atom. The largest absolute Gasteiger partial charge is 0.480 e. The number of nitrogens with zero attached hydrogens (tertiary/aromatic N) is 2. The lowest BCUT2D eigenvalue weighted by Crippen LogP contribution is -2.40. The van der Waals surface area contributed by atoms with Crippen LogP contribution in [-0.2, 0) is 4.79 Å². The number of hydrogen-bond donors (Lipinski definition) is 1. The quantitative estimate of drug-likeness (QED) is 0.850. The first-order valence-electron chi connectivity index (χ1n) is 5.48. The molecule has 0 aliphatic heterocycles. The van der Waals surface area contributed by atoms with Crippen LogP contribution < -0.4 is 0 Å². The summed E-state index contributed by atoms with van der Waals surface area (Å²) in [5.41, 5.74) is 0.965. The molecule has 0 aromatic carbocycles. The summed E-state index contributed by atoms with van der Waals surface area (Å²) in [5.74, 6) is -1.41. The van der Waals surface area contributed by atoms with Gasteiger partial charge in [0.25, 0.3) is 5.91 Å². The molecule has 6 heteroatoms. The maximum Gasteiger partial charge on any atom is 0.323 e. The Kier molecular flexibility index (Phi) is 4.67. The number of aryl methyl sites for hydroxylation is 1. The highest BCUT2D eigenvalue weighted by atomic mass is 35.5. The number of halogens is 1. The van der Waals surface area contributed by atoms with E-state index >= 15 is 0 Å². The predicted molar refractivity (Wildman–Crippen MR) is 67.8 cm³/mol. The van der Waals surface area contributed by atoms with Crippen molar-refractivity contribution in [3.63, 3.8) is 0 Å². The van der Waals surface area contributed by atoms with E-state index in [1.165, 1.54) is 11.0 Å². The molecule has 1 aromatic rings. The SMILES string of the molecule is Cc1cc(C(=O)N(CC(=O)O)C(C)C)cc(Cl)n1. The molecule has 0 aliphatic carbocycles. The second kappa shape index (κ2) is 5.82. The summed E-state index contributed by atoms with van der Waals surface area (Å²) in [5, 5.41) is 9.03. The summed E-state index contributed by atoms with van der Waals surface area (Å²) < 4.78 is 0. The van der Waals surface area contributed by atoms with Crippen molar-refractivity contribution in [3.8, 4) is 0 Å². The average molecular weight is 271 g/mol. The fraction of sp³-hybridized carbons (Fsp3) is 0.417. The van der Waals surface area contributed by atoms with Gasteiger partial charge in [-0.25, -0.2) is 4.98 Å². The Balaban J connectivity index is 3.05. The number of carbonyl (C=O) groups is 2. The highest BCUT2D eigenvalue weighted by Gasteiger charge is 2.21. The van der Waals surface area contributed by atoms with Gasteiger partial charge in [0, 0.05) is 17.3 Å². The maximum absolute atomic E-state index is 12.2. The number of amides is 1. The van der Waals surface area contributed by atoms with E-state index in [-0.39, 0.29) is 23.6 Å². The van der Waals surface area contributed by atoms with Crippen LogP contribution in [0.1, 0.15) is 29.9 Å². The first kappa shape index (κ1) is 14.4. The fourth-order valence-electron chi connectivity index (χ4n) is 1.55. The summed E-state index contributed by atoms with van der Waals surface area (Å²) in [6, 6.07) is 2.82. The number of aliphatic carboxylic acids is 1. The number of aromatic nitrogens is 1. The summed E-state index contributed by atoms with van der Waals surface area (Å²) >= 11 is 5.79. The molecular weight excluding hydrogens is 256 g/mol. The monoisotopic (exact) mass is 270 g/mol. The lowest BCUT2D eigenvalue weighted by atomic mass is 10.2. The van der Waals surface area contributed by atoms with Gasteiger partial charge in [-0.05, 0) is 32.9 Å². The zero-order valence-electron chi connectivity index (χ0n) is 10.5. The number of rotatable bonds is 4. The van der Waals surface area contributed by atoms with Crippen molar-refractivity contribution in [2.45, 2.75) is 26.8 Å². The number of carboxylic acids is 1. The number of hydrogen-bond acceptors (Lipinski definition) is 3. The van der Waals surface area contributed by atoms with Gasteiger partial charge in [0.1, 0.15) is 11.7 Å². The normalized spacial score (nSPS) is 10.5. The van der Waals surface area contributed by atoms with E-state index in [2.05, 4.69) is 4.98 Å². The van der Waals surface area contributed by atoms with Crippen LogP contribution in [0.15, 0.2) is 12.1 Å². The summed E-state index contributed by atoms with van der Waals surface area (Å²) in [6.07, 6.45) is 0. The third-order valence-electron chi connectivity index (χ3n) is 2.36. The van der Waals surface area contributed by atoms with Crippen molar-refractivity contribution in [1.82, 2.24) is 9.88 Å². The molecule has 98 valence electrons.